The van der Waals surface area contributed by atoms with Gasteiger partial charge >= 0.3 is 0 Å². The summed E-state index contributed by atoms with van der Waals surface area (Å²) < 4.78 is 2.05. The average Bonchev–Trinajstić information content (AvgIpc) is 3.17. The molecule has 1 saturated heterocycles. The van der Waals surface area contributed by atoms with Gasteiger partial charge in [0, 0.05) is 6.54 Å². The second-order valence-electron chi connectivity index (χ2n) is 5.95. The van der Waals surface area contributed by atoms with Crippen LogP contribution in [0.4, 0.5) is 4.79 Å². The van der Waals surface area contributed by atoms with Gasteiger partial charge in [-0.05, 0) is 59.7 Å². The quantitative estimate of drug-likeness (QED) is 0.693. The zero-order chi connectivity index (χ0) is 18.1. The molecule has 0 unspecified atom stereocenters. The van der Waals surface area contributed by atoms with Gasteiger partial charge in [-0.2, -0.15) is 0 Å². The van der Waals surface area contributed by atoms with Crippen molar-refractivity contribution in [1.29, 1.82) is 0 Å². The lowest BCUT2D eigenvalue weighted by Gasteiger charge is -2.06. The number of thioether (sulfide) groups is 1. The van der Waals surface area contributed by atoms with Crippen molar-refractivity contribution in [2.45, 2.75) is 13.0 Å². The first-order valence-corrected chi connectivity index (χ1v) is 8.88. The van der Waals surface area contributed by atoms with Crippen molar-refractivity contribution >= 4 is 40.0 Å². The Morgan fingerprint density at radius 2 is 1.96 bits per heavy atom. The predicted molar refractivity (Wildman–Crippen MR) is 101 cm³/mol. The van der Waals surface area contributed by atoms with E-state index < -0.39 is 0 Å². The van der Waals surface area contributed by atoms with Crippen molar-refractivity contribution in [1.82, 2.24) is 14.9 Å². The van der Waals surface area contributed by atoms with E-state index in [4.69, 9.17) is 0 Å². The van der Waals surface area contributed by atoms with Gasteiger partial charge < -0.3 is 9.67 Å². The summed E-state index contributed by atoms with van der Waals surface area (Å²) in [6, 6.07) is 12.9. The molecule has 2 N–H and O–H groups in total. The average molecular weight is 365 g/mol. The van der Waals surface area contributed by atoms with E-state index in [-0.39, 0.29) is 16.9 Å². The molecule has 2 aromatic carbocycles. The highest BCUT2D eigenvalue weighted by atomic mass is 32.2. The second-order valence-corrected chi connectivity index (χ2v) is 6.97. The maximum atomic E-state index is 11.7. The summed E-state index contributed by atoms with van der Waals surface area (Å²) >= 11 is 0.908. The molecular weight excluding hydrogens is 350 g/mol. The smallest absolute Gasteiger partial charge is 0.290 e. The summed E-state index contributed by atoms with van der Waals surface area (Å²) in [4.78, 5) is 27.8. The molecule has 1 aliphatic rings. The lowest BCUT2D eigenvalue weighted by atomic mass is 10.1. The Labute approximate surface area is 153 Å². The van der Waals surface area contributed by atoms with E-state index in [1.807, 2.05) is 30.3 Å². The van der Waals surface area contributed by atoms with Gasteiger partial charge in [-0.15, -0.1) is 0 Å². The molecule has 130 valence electrons. The SMILES string of the molecule is O=C1NC(=O)C(=Cc2ccc3ncn(CCc4ccc(O)cc4)c3c2)S1. The van der Waals surface area contributed by atoms with Crippen molar-refractivity contribution in [2.24, 2.45) is 0 Å². The number of fused-ring (bicyclic) bond motifs is 1. The molecule has 0 atom stereocenters. The number of phenolic OH excluding ortho intramolecular Hbond substituents is 1. The number of phenols is 1. The van der Waals surface area contributed by atoms with E-state index in [9.17, 15) is 14.7 Å². The van der Waals surface area contributed by atoms with Crippen LogP contribution in [0.2, 0.25) is 0 Å². The van der Waals surface area contributed by atoms with E-state index in [2.05, 4.69) is 14.9 Å². The molecule has 1 fully saturated rings. The minimum absolute atomic E-state index is 0.256. The van der Waals surface area contributed by atoms with E-state index in [1.165, 1.54) is 0 Å². The summed E-state index contributed by atoms with van der Waals surface area (Å²) in [6.45, 7) is 0.745. The van der Waals surface area contributed by atoms with Crippen LogP contribution < -0.4 is 5.32 Å². The molecule has 7 heteroatoms. The molecule has 6 nitrogen and oxygen atoms in total. The lowest BCUT2D eigenvalue weighted by Crippen LogP contribution is -2.17. The van der Waals surface area contributed by atoms with Gasteiger partial charge in [0.05, 0.1) is 22.3 Å². The molecule has 4 rings (SSSR count). The molecular formula is C19H15N3O3S. The van der Waals surface area contributed by atoms with Gasteiger partial charge in [0.25, 0.3) is 11.1 Å². The molecule has 26 heavy (non-hydrogen) atoms. The fourth-order valence-corrected chi connectivity index (χ4v) is 3.51. The number of nitrogens with one attached hydrogen (secondary N) is 1. The van der Waals surface area contributed by atoms with Crippen LogP contribution in [0, 0.1) is 0 Å². The number of rotatable bonds is 4. The highest BCUT2D eigenvalue weighted by molar-refractivity contribution is 8.18. The van der Waals surface area contributed by atoms with E-state index in [1.54, 1.807) is 24.5 Å². The lowest BCUT2D eigenvalue weighted by molar-refractivity contribution is -0.115. The van der Waals surface area contributed by atoms with Crippen molar-refractivity contribution < 1.29 is 14.7 Å². The van der Waals surface area contributed by atoms with Crippen LogP contribution in [-0.2, 0) is 17.8 Å². The van der Waals surface area contributed by atoms with E-state index in [0.29, 0.717) is 4.91 Å². The number of benzene rings is 2. The van der Waals surface area contributed by atoms with E-state index in [0.717, 1.165) is 46.9 Å². The fourth-order valence-electron chi connectivity index (χ4n) is 2.83. The maximum absolute atomic E-state index is 11.7. The third-order valence-corrected chi connectivity index (χ3v) is 4.97. The Bertz CT molecular complexity index is 1040. The Hall–Kier alpha value is -3.06. The molecule has 1 aliphatic heterocycles. The Kier molecular flexibility index (Phi) is 4.22. The van der Waals surface area contributed by atoms with Gasteiger partial charge in [-0.3, -0.25) is 14.9 Å². The fraction of sp³-hybridized carbons (Fsp3) is 0.105. The number of imide groups is 1. The third-order valence-electron chi connectivity index (χ3n) is 4.16. The van der Waals surface area contributed by atoms with Crippen LogP contribution in [0.3, 0.4) is 0 Å². The van der Waals surface area contributed by atoms with Crippen LogP contribution in [0.1, 0.15) is 11.1 Å². The summed E-state index contributed by atoms with van der Waals surface area (Å²) in [6.07, 6.45) is 4.31. The van der Waals surface area contributed by atoms with Crippen LogP contribution in [0.25, 0.3) is 17.1 Å². The summed E-state index contributed by atoms with van der Waals surface area (Å²) in [5.74, 6) is -0.104. The van der Waals surface area contributed by atoms with Crippen molar-refractivity contribution in [3.05, 3.63) is 64.8 Å². The molecule has 0 radical (unpaired) electrons. The monoisotopic (exact) mass is 365 g/mol. The Morgan fingerprint density at radius 1 is 1.15 bits per heavy atom. The maximum Gasteiger partial charge on any atom is 0.290 e. The first-order valence-electron chi connectivity index (χ1n) is 8.06. The van der Waals surface area contributed by atoms with E-state index >= 15 is 0 Å². The number of amides is 2. The zero-order valence-corrected chi connectivity index (χ0v) is 14.5. The summed E-state index contributed by atoms with van der Waals surface area (Å²) in [7, 11) is 0. The van der Waals surface area contributed by atoms with Gasteiger partial charge in [0.1, 0.15) is 5.75 Å². The minimum Gasteiger partial charge on any atom is -0.508 e. The van der Waals surface area contributed by atoms with Crippen LogP contribution >= 0.6 is 11.8 Å². The van der Waals surface area contributed by atoms with Crippen molar-refractivity contribution in [3.8, 4) is 5.75 Å². The number of imidazole rings is 1. The van der Waals surface area contributed by atoms with Crippen LogP contribution in [0.15, 0.2) is 53.7 Å². The Balaban J connectivity index is 1.58. The second kappa shape index (κ2) is 6.68. The minimum atomic E-state index is -0.360. The normalized spacial score (nSPS) is 15.8. The predicted octanol–water partition coefficient (Wildman–Crippen LogP) is 3.31. The number of aromatic nitrogens is 2. The summed E-state index contributed by atoms with van der Waals surface area (Å²) in [5.41, 5.74) is 3.81. The van der Waals surface area contributed by atoms with Gasteiger partial charge in [-0.25, -0.2) is 4.98 Å². The number of hydrogen-bond donors (Lipinski definition) is 2. The number of carbonyl (C=O) groups is 2. The topological polar surface area (TPSA) is 84.2 Å². The standard InChI is InChI=1S/C19H15N3O3S/c23-14-4-1-12(2-5-14)7-8-22-11-20-15-6-3-13(9-16(15)22)10-17-18(24)21-19(25)26-17/h1-6,9-11,23H,7-8H2,(H,21,24,25). The molecule has 2 amide bonds. The van der Waals surface area contributed by atoms with Crippen LogP contribution in [-0.4, -0.2) is 25.8 Å². The van der Waals surface area contributed by atoms with Gasteiger partial charge in [-0.1, -0.05) is 18.2 Å². The first kappa shape index (κ1) is 16.4. The molecule has 0 saturated carbocycles. The molecule has 2 heterocycles. The van der Waals surface area contributed by atoms with Gasteiger partial charge in [0.2, 0.25) is 0 Å². The third kappa shape index (κ3) is 3.34. The number of nitrogens with zero attached hydrogens (tertiary/aromatic N) is 2. The number of aryl methyl sites for hydroxylation is 2. The highest BCUT2D eigenvalue weighted by Crippen LogP contribution is 2.26. The molecule has 0 spiro atoms. The molecule has 1 aromatic heterocycles. The molecule has 0 aliphatic carbocycles. The molecule has 3 aromatic rings. The number of aromatic hydroxyl groups is 1. The highest BCUT2D eigenvalue weighted by Gasteiger charge is 2.24. The largest absolute Gasteiger partial charge is 0.508 e. The number of carbonyl (C=O) groups excluding carboxylic acids is 2. The van der Waals surface area contributed by atoms with Crippen molar-refractivity contribution in [2.75, 3.05) is 0 Å². The zero-order valence-electron chi connectivity index (χ0n) is 13.7. The first-order chi connectivity index (χ1) is 12.6. The summed E-state index contributed by atoms with van der Waals surface area (Å²) in [5, 5.41) is 11.3. The van der Waals surface area contributed by atoms with Crippen LogP contribution in [0.5, 0.6) is 5.75 Å². The molecule has 0 bridgehead atoms. The van der Waals surface area contributed by atoms with Crippen molar-refractivity contribution in [3.63, 3.8) is 0 Å². The number of hydrogen-bond acceptors (Lipinski definition) is 5. The Morgan fingerprint density at radius 3 is 2.69 bits per heavy atom. The van der Waals surface area contributed by atoms with Gasteiger partial charge in [0.15, 0.2) is 0 Å².